The van der Waals surface area contributed by atoms with Crippen molar-refractivity contribution in [2.45, 2.75) is 25.7 Å². The van der Waals surface area contributed by atoms with Crippen molar-refractivity contribution in [1.82, 2.24) is 0 Å². The quantitative estimate of drug-likeness (QED) is 0.645. The maximum Gasteiger partial charge on any atom is 0.0283 e. The molecule has 1 aliphatic carbocycles. The van der Waals surface area contributed by atoms with Gasteiger partial charge in [0.25, 0.3) is 0 Å². The van der Waals surface area contributed by atoms with Crippen molar-refractivity contribution in [3.05, 3.63) is 35.9 Å². The van der Waals surface area contributed by atoms with Crippen molar-refractivity contribution in [2.24, 2.45) is 5.41 Å². The van der Waals surface area contributed by atoms with Crippen molar-refractivity contribution >= 4 is 11.6 Å². The summed E-state index contributed by atoms with van der Waals surface area (Å²) < 4.78 is 0. The van der Waals surface area contributed by atoms with E-state index in [-0.39, 0.29) is 0 Å². The molecule has 0 radical (unpaired) electrons. The Kier molecular flexibility index (Phi) is 2.59. The molecule has 0 nitrogen and oxygen atoms in total. The van der Waals surface area contributed by atoms with Gasteiger partial charge < -0.3 is 0 Å². The van der Waals surface area contributed by atoms with Gasteiger partial charge in [-0.15, -0.1) is 11.6 Å². The third kappa shape index (κ3) is 1.88. The number of hydrogen-bond acceptors (Lipinski definition) is 0. The van der Waals surface area contributed by atoms with Crippen LogP contribution in [0.5, 0.6) is 0 Å². The molecule has 0 aromatic heterocycles. The first-order valence-corrected chi connectivity index (χ1v) is 5.48. The van der Waals surface area contributed by atoms with E-state index in [1.165, 1.54) is 24.8 Å². The van der Waals surface area contributed by atoms with Crippen LogP contribution in [0.4, 0.5) is 0 Å². The first-order valence-electron chi connectivity index (χ1n) is 4.95. The predicted octanol–water partition coefficient (Wildman–Crippen LogP) is 3.64. The van der Waals surface area contributed by atoms with Gasteiger partial charge >= 0.3 is 0 Å². The van der Waals surface area contributed by atoms with Gasteiger partial charge in [0.2, 0.25) is 0 Å². The van der Waals surface area contributed by atoms with Crippen LogP contribution in [0.15, 0.2) is 30.3 Å². The summed E-state index contributed by atoms with van der Waals surface area (Å²) in [6.45, 7) is 0. The zero-order valence-corrected chi connectivity index (χ0v) is 8.56. The number of rotatable bonds is 3. The first-order chi connectivity index (χ1) is 6.35. The number of hydrogen-bond donors (Lipinski definition) is 0. The van der Waals surface area contributed by atoms with Gasteiger partial charge in [-0.2, -0.15) is 0 Å². The van der Waals surface area contributed by atoms with Gasteiger partial charge in [-0.1, -0.05) is 36.8 Å². The molecule has 13 heavy (non-hydrogen) atoms. The largest absolute Gasteiger partial charge is 0.126 e. The minimum Gasteiger partial charge on any atom is -0.126 e. The van der Waals surface area contributed by atoms with Crippen LogP contribution in [0.1, 0.15) is 24.8 Å². The van der Waals surface area contributed by atoms with Gasteiger partial charge in [-0.25, -0.2) is 0 Å². The van der Waals surface area contributed by atoms with Crippen LogP contribution in [-0.2, 0) is 6.42 Å². The summed E-state index contributed by atoms with van der Waals surface area (Å²) in [5.74, 6) is 0.821. The smallest absolute Gasteiger partial charge is 0.0283 e. The minimum absolute atomic E-state index is 0.433. The van der Waals surface area contributed by atoms with Gasteiger partial charge in [0.05, 0.1) is 0 Å². The monoisotopic (exact) mass is 194 g/mol. The second kappa shape index (κ2) is 3.71. The normalized spacial score (nSPS) is 19.5. The molecule has 1 fully saturated rings. The minimum atomic E-state index is 0.433. The Balaban J connectivity index is 2.05. The molecule has 0 amide bonds. The van der Waals surface area contributed by atoms with Crippen molar-refractivity contribution in [3.8, 4) is 0 Å². The summed E-state index contributed by atoms with van der Waals surface area (Å²) in [5, 5.41) is 0. The second-order valence-corrected chi connectivity index (χ2v) is 4.42. The van der Waals surface area contributed by atoms with E-state index >= 15 is 0 Å². The van der Waals surface area contributed by atoms with E-state index in [4.69, 9.17) is 11.6 Å². The fourth-order valence-electron chi connectivity index (χ4n) is 2.06. The summed E-state index contributed by atoms with van der Waals surface area (Å²) >= 11 is 6.01. The van der Waals surface area contributed by atoms with Gasteiger partial charge in [0.1, 0.15) is 0 Å². The molecular weight excluding hydrogens is 180 g/mol. The average molecular weight is 195 g/mol. The molecule has 0 heterocycles. The van der Waals surface area contributed by atoms with E-state index < -0.39 is 0 Å². The Morgan fingerprint density at radius 1 is 1.15 bits per heavy atom. The molecule has 1 heteroatoms. The Morgan fingerprint density at radius 3 is 2.31 bits per heavy atom. The Morgan fingerprint density at radius 2 is 1.85 bits per heavy atom. The van der Waals surface area contributed by atoms with Crippen LogP contribution >= 0.6 is 11.6 Å². The van der Waals surface area contributed by atoms with Gasteiger partial charge in [0, 0.05) is 5.88 Å². The Bertz CT molecular complexity index is 256. The standard InChI is InChI=1S/C12H15Cl/c13-10-12(7-4-8-12)9-11-5-2-1-3-6-11/h1-3,5-6H,4,7-10H2. The molecule has 1 aromatic carbocycles. The van der Waals surface area contributed by atoms with Crippen molar-refractivity contribution in [3.63, 3.8) is 0 Å². The zero-order chi connectivity index (χ0) is 9.15. The van der Waals surface area contributed by atoms with Crippen LogP contribution in [0.25, 0.3) is 0 Å². The summed E-state index contributed by atoms with van der Waals surface area (Å²) in [6, 6.07) is 10.7. The van der Waals surface area contributed by atoms with E-state index in [1.54, 1.807) is 0 Å². The highest BCUT2D eigenvalue weighted by molar-refractivity contribution is 6.18. The van der Waals surface area contributed by atoms with Gasteiger partial charge in [-0.05, 0) is 30.2 Å². The van der Waals surface area contributed by atoms with Crippen molar-refractivity contribution in [1.29, 1.82) is 0 Å². The average Bonchev–Trinajstić information content (AvgIpc) is 2.13. The molecule has 1 aliphatic rings. The highest BCUT2D eigenvalue weighted by Gasteiger charge is 2.35. The number of halogens is 1. The fraction of sp³-hybridized carbons (Fsp3) is 0.500. The summed E-state index contributed by atoms with van der Waals surface area (Å²) in [6.07, 6.45) is 5.15. The van der Waals surface area contributed by atoms with Crippen LogP contribution < -0.4 is 0 Å². The summed E-state index contributed by atoms with van der Waals surface area (Å²) in [5.41, 5.74) is 1.87. The van der Waals surface area contributed by atoms with Crippen molar-refractivity contribution in [2.75, 3.05) is 5.88 Å². The molecule has 0 bridgehead atoms. The van der Waals surface area contributed by atoms with E-state index in [0.717, 1.165) is 12.3 Å². The topological polar surface area (TPSA) is 0 Å². The molecule has 0 saturated heterocycles. The maximum absolute atomic E-state index is 6.01. The molecule has 1 aromatic rings. The fourth-order valence-corrected chi connectivity index (χ4v) is 2.43. The molecule has 1 saturated carbocycles. The number of alkyl halides is 1. The SMILES string of the molecule is ClCC1(Cc2ccccc2)CCC1. The van der Waals surface area contributed by atoms with E-state index in [9.17, 15) is 0 Å². The maximum atomic E-state index is 6.01. The van der Waals surface area contributed by atoms with Crippen molar-refractivity contribution < 1.29 is 0 Å². The molecule has 0 aliphatic heterocycles. The predicted molar refractivity (Wildman–Crippen MR) is 57.2 cm³/mol. The summed E-state index contributed by atoms with van der Waals surface area (Å²) in [4.78, 5) is 0. The molecule has 0 N–H and O–H groups in total. The van der Waals surface area contributed by atoms with Crippen LogP contribution in [0.3, 0.4) is 0 Å². The second-order valence-electron chi connectivity index (χ2n) is 4.15. The summed E-state index contributed by atoms with van der Waals surface area (Å²) in [7, 11) is 0. The molecule has 0 spiro atoms. The third-order valence-corrected chi connectivity index (χ3v) is 3.69. The lowest BCUT2D eigenvalue weighted by molar-refractivity contribution is 0.166. The van der Waals surface area contributed by atoms with E-state index in [1.807, 2.05) is 0 Å². The zero-order valence-electron chi connectivity index (χ0n) is 7.80. The molecular formula is C12H15Cl. The highest BCUT2D eigenvalue weighted by Crippen LogP contribution is 2.44. The lowest BCUT2D eigenvalue weighted by Gasteiger charge is -2.40. The number of benzene rings is 1. The van der Waals surface area contributed by atoms with Gasteiger partial charge in [-0.3, -0.25) is 0 Å². The lowest BCUT2D eigenvalue weighted by Crippen LogP contribution is -2.33. The molecule has 2 rings (SSSR count). The first kappa shape index (κ1) is 9.08. The Labute approximate surface area is 84.9 Å². The van der Waals surface area contributed by atoms with E-state index in [0.29, 0.717) is 5.41 Å². The molecule has 0 atom stereocenters. The van der Waals surface area contributed by atoms with Crippen LogP contribution in [0.2, 0.25) is 0 Å². The van der Waals surface area contributed by atoms with Gasteiger partial charge in [0.15, 0.2) is 0 Å². The van der Waals surface area contributed by atoms with Crippen LogP contribution in [-0.4, -0.2) is 5.88 Å². The molecule has 70 valence electrons. The highest BCUT2D eigenvalue weighted by atomic mass is 35.5. The molecule has 0 unspecified atom stereocenters. The van der Waals surface area contributed by atoms with Crippen LogP contribution in [0, 0.1) is 5.41 Å². The Hall–Kier alpha value is -0.490. The third-order valence-electron chi connectivity index (χ3n) is 3.12. The lowest BCUT2D eigenvalue weighted by atomic mass is 9.67. The van der Waals surface area contributed by atoms with E-state index in [2.05, 4.69) is 30.3 Å².